The van der Waals surface area contributed by atoms with Crippen molar-refractivity contribution in [2.24, 2.45) is 0 Å². The van der Waals surface area contributed by atoms with Gasteiger partial charge in [-0.2, -0.15) is 0 Å². The van der Waals surface area contributed by atoms with Gasteiger partial charge in [-0.25, -0.2) is 0 Å². The molecule has 0 N–H and O–H groups in total. The Morgan fingerprint density at radius 3 is 0.750 bits per heavy atom. The molecular weight excluding hydrogens is 167 g/mol. The smallest absolute Gasteiger partial charge is 1.00 e. The summed E-state index contributed by atoms with van der Waals surface area (Å²) in [5.74, 6) is 0. The van der Waals surface area contributed by atoms with Gasteiger partial charge in [-0.15, -0.1) is 0 Å². The first-order valence-electron chi connectivity index (χ1n) is 1.34. The zero-order valence-corrected chi connectivity index (χ0v) is 7.43. The zero-order chi connectivity index (χ0) is 3.58. The molecule has 0 aliphatic rings. The molecule has 0 rings (SSSR count). The SMILES string of the molecule is CN(C)C.[B+3].[Cl-].[Cl-].[Cl-]. The largest absolute Gasteiger partial charge is 3.00 e. The summed E-state index contributed by atoms with van der Waals surface area (Å²) in [5.41, 5.74) is 0. The van der Waals surface area contributed by atoms with Crippen LogP contribution in [0.15, 0.2) is 0 Å². The molecule has 0 bridgehead atoms. The molecule has 0 atom stereocenters. The van der Waals surface area contributed by atoms with Gasteiger partial charge in [-0.3, -0.25) is 0 Å². The van der Waals surface area contributed by atoms with Gasteiger partial charge in [-0.05, 0) is 21.1 Å². The van der Waals surface area contributed by atoms with Crippen molar-refractivity contribution in [1.82, 2.24) is 4.90 Å². The number of halogens is 3. The second-order valence-electron chi connectivity index (χ2n) is 1.34. The fourth-order valence-corrected chi connectivity index (χ4v) is 0. The van der Waals surface area contributed by atoms with Crippen molar-refractivity contribution >= 4 is 8.41 Å². The molecule has 5 heteroatoms. The van der Waals surface area contributed by atoms with Crippen LogP contribution in [0.25, 0.3) is 0 Å². The molecule has 0 fully saturated rings. The van der Waals surface area contributed by atoms with Gasteiger partial charge >= 0.3 is 8.41 Å². The van der Waals surface area contributed by atoms with Crippen LogP contribution in [-0.2, 0) is 0 Å². The Hall–Kier alpha value is 0.895. The third kappa shape index (κ3) is 299. The summed E-state index contributed by atoms with van der Waals surface area (Å²) < 4.78 is 0. The molecule has 0 unspecified atom stereocenters. The van der Waals surface area contributed by atoms with Crippen LogP contribution in [0, 0.1) is 0 Å². The van der Waals surface area contributed by atoms with Gasteiger partial charge in [0.05, 0.1) is 0 Å². The van der Waals surface area contributed by atoms with E-state index in [4.69, 9.17) is 0 Å². The molecule has 0 aromatic carbocycles. The van der Waals surface area contributed by atoms with Crippen molar-refractivity contribution in [3.63, 3.8) is 0 Å². The van der Waals surface area contributed by atoms with E-state index in [-0.39, 0.29) is 45.6 Å². The van der Waals surface area contributed by atoms with E-state index < -0.39 is 0 Å². The maximum Gasteiger partial charge on any atom is 3.00 e. The number of nitrogens with zero attached hydrogens (tertiary/aromatic N) is 1. The third-order valence-corrected chi connectivity index (χ3v) is 0. The Morgan fingerprint density at radius 2 is 0.750 bits per heavy atom. The number of rotatable bonds is 0. The first-order chi connectivity index (χ1) is 1.73. The monoisotopic (exact) mass is 175 g/mol. The fourth-order valence-electron chi connectivity index (χ4n) is 0. The standard InChI is InChI=1S/C3H9N.B.3ClH/c1-4(2)3;;;;/h1-3H3;;3*1H/q;+3;;;/p-3. The van der Waals surface area contributed by atoms with Crippen LogP contribution < -0.4 is 37.2 Å². The van der Waals surface area contributed by atoms with Crippen molar-refractivity contribution in [3.8, 4) is 0 Å². The molecule has 8 heavy (non-hydrogen) atoms. The van der Waals surface area contributed by atoms with E-state index in [9.17, 15) is 0 Å². The Morgan fingerprint density at radius 1 is 0.750 bits per heavy atom. The molecule has 0 aromatic rings. The van der Waals surface area contributed by atoms with Gasteiger partial charge in [-0.1, -0.05) is 0 Å². The van der Waals surface area contributed by atoms with Crippen LogP contribution in [0.5, 0.6) is 0 Å². The summed E-state index contributed by atoms with van der Waals surface area (Å²) in [7, 11) is 6.00. The molecule has 1 nitrogen and oxygen atoms in total. The van der Waals surface area contributed by atoms with E-state index in [0.29, 0.717) is 0 Å². The summed E-state index contributed by atoms with van der Waals surface area (Å²) in [6.07, 6.45) is 0. The van der Waals surface area contributed by atoms with Gasteiger partial charge < -0.3 is 42.1 Å². The van der Waals surface area contributed by atoms with Crippen molar-refractivity contribution in [2.75, 3.05) is 21.1 Å². The maximum absolute atomic E-state index is 2.00. The summed E-state index contributed by atoms with van der Waals surface area (Å²) in [4.78, 5) is 2.00. The molecule has 0 aliphatic heterocycles. The summed E-state index contributed by atoms with van der Waals surface area (Å²) in [6.45, 7) is 0. The Bertz CT molecular complexity index is 19.2. The van der Waals surface area contributed by atoms with Crippen LogP contribution in [0.3, 0.4) is 0 Å². The van der Waals surface area contributed by atoms with Crippen molar-refractivity contribution < 1.29 is 37.2 Å². The minimum Gasteiger partial charge on any atom is -1.00 e. The van der Waals surface area contributed by atoms with E-state index in [1.807, 2.05) is 26.0 Å². The minimum absolute atomic E-state index is 0. The second kappa shape index (κ2) is 24.7. The van der Waals surface area contributed by atoms with Gasteiger partial charge in [0.25, 0.3) is 0 Å². The van der Waals surface area contributed by atoms with E-state index in [1.165, 1.54) is 0 Å². The minimum atomic E-state index is 0. The van der Waals surface area contributed by atoms with Crippen LogP contribution in [0.2, 0.25) is 0 Å². The summed E-state index contributed by atoms with van der Waals surface area (Å²) in [5, 5.41) is 0. The second-order valence-corrected chi connectivity index (χ2v) is 1.34. The van der Waals surface area contributed by atoms with E-state index in [2.05, 4.69) is 0 Å². The average molecular weight is 176 g/mol. The van der Waals surface area contributed by atoms with Crippen LogP contribution in [0.4, 0.5) is 0 Å². The van der Waals surface area contributed by atoms with Gasteiger partial charge in [0.1, 0.15) is 0 Å². The van der Waals surface area contributed by atoms with Crippen LogP contribution in [0.1, 0.15) is 0 Å². The Labute approximate surface area is 72.0 Å². The molecule has 0 amide bonds. The van der Waals surface area contributed by atoms with Gasteiger partial charge in [0.15, 0.2) is 0 Å². The Balaban J connectivity index is -0.00000000750. The average Bonchev–Trinajstić information content (AvgIpc) is 0.811. The Kier molecular flexibility index (Phi) is 113. The molecule has 0 saturated carbocycles. The predicted octanol–water partition coefficient (Wildman–Crippen LogP) is -9.19. The molecule has 0 heterocycles. The molecule has 0 saturated heterocycles. The predicted molar refractivity (Wildman–Crippen MR) is 25.4 cm³/mol. The molecular formula is C3H9BCl3N. The van der Waals surface area contributed by atoms with E-state index in [1.54, 1.807) is 0 Å². The van der Waals surface area contributed by atoms with Crippen molar-refractivity contribution in [2.45, 2.75) is 0 Å². The third-order valence-electron chi connectivity index (χ3n) is 0. The molecule has 50 valence electrons. The molecule has 0 radical (unpaired) electrons. The van der Waals surface area contributed by atoms with Crippen molar-refractivity contribution in [3.05, 3.63) is 0 Å². The fraction of sp³-hybridized carbons (Fsp3) is 1.00. The quantitative estimate of drug-likeness (QED) is 0.331. The molecule has 0 aromatic heterocycles. The number of hydrogen-bond donors (Lipinski definition) is 0. The van der Waals surface area contributed by atoms with Gasteiger partial charge in [0, 0.05) is 0 Å². The van der Waals surface area contributed by atoms with Crippen LogP contribution >= 0.6 is 0 Å². The van der Waals surface area contributed by atoms with Crippen LogP contribution in [-0.4, -0.2) is 34.5 Å². The summed E-state index contributed by atoms with van der Waals surface area (Å²) >= 11 is 0. The molecule has 0 aliphatic carbocycles. The van der Waals surface area contributed by atoms with E-state index >= 15 is 0 Å². The first kappa shape index (κ1) is 36.5. The number of hydrogen-bond acceptors (Lipinski definition) is 1. The summed E-state index contributed by atoms with van der Waals surface area (Å²) in [6, 6.07) is 0. The van der Waals surface area contributed by atoms with E-state index in [0.717, 1.165) is 0 Å². The normalized spacial score (nSPS) is 4.50. The zero-order valence-electron chi connectivity index (χ0n) is 5.16. The maximum atomic E-state index is 2.00. The molecule has 0 spiro atoms. The van der Waals surface area contributed by atoms with Crippen molar-refractivity contribution in [1.29, 1.82) is 0 Å². The first-order valence-corrected chi connectivity index (χ1v) is 1.34. The van der Waals surface area contributed by atoms with Gasteiger partial charge in [0.2, 0.25) is 0 Å². The topological polar surface area (TPSA) is 3.24 Å².